The van der Waals surface area contributed by atoms with Gasteiger partial charge in [-0.05, 0) is 31.0 Å². The van der Waals surface area contributed by atoms with Gasteiger partial charge in [0, 0.05) is 38.1 Å². The van der Waals surface area contributed by atoms with Crippen LogP contribution in [0.5, 0.6) is 5.75 Å². The summed E-state index contributed by atoms with van der Waals surface area (Å²) < 4.78 is 32.1. The van der Waals surface area contributed by atoms with Crippen molar-refractivity contribution >= 4 is 38.8 Å². The van der Waals surface area contributed by atoms with E-state index in [0.29, 0.717) is 58.7 Å². The average Bonchev–Trinajstić information content (AvgIpc) is 3.70. The van der Waals surface area contributed by atoms with Crippen molar-refractivity contribution in [2.45, 2.75) is 36.3 Å². The predicted octanol–water partition coefficient (Wildman–Crippen LogP) is 3.69. The third-order valence-electron chi connectivity index (χ3n) is 6.01. The number of aryl methyl sites for hydroxylation is 1. The van der Waals surface area contributed by atoms with Gasteiger partial charge in [-0.25, -0.2) is 28.4 Å². The molecule has 0 bridgehead atoms. The van der Waals surface area contributed by atoms with Crippen LogP contribution in [-0.2, 0) is 16.9 Å². The molecule has 4 aromatic heterocycles. The summed E-state index contributed by atoms with van der Waals surface area (Å²) in [5.74, 6) is 1.94. The van der Waals surface area contributed by atoms with Crippen LogP contribution in [0.15, 0.2) is 54.1 Å². The number of pyridine rings is 3. The number of Topliss-reactive ketones (excluding diaryl/α,β-unsaturated/α-hetero) is 1. The first-order valence-corrected chi connectivity index (χ1v) is 13.5. The Kier molecular flexibility index (Phi) is 6.76. The highest BCUT2D eigenvalue weighted by Gasteiger charge is 2.37. The minimum Gasteiger partial charge on any atom is -0.492 e. The number of nitrogens with zero attached hydrogens (tertiary/aromatic N) is 6. The van der Waals surface area contributed by atoms with E-state index < -0.39 is 9.84 Å². The number of ether oxygens (including phenoxy) is 1. The van der Waals surface area contributed by atoms with Gasteiger partial charge in [-0.2, -0.15) is 5.10 Å². The highest BCUT2D eigenvalue weighted by Crippen LogP contribution is 2.36. The number of hydrogen-bond donors (Lipinski definition) is 2. The van der Waals surface area contributed by atoms with Crippen LogP contribution in [0.3, 0.4) is 0 Å². The third kappa shape index (κ3) is 5.05. The van der Waals surface area contributed by atoms with E-state index in [-0.39, 0.29) is 22.3 Å². The van der Waals surface area contributed by atoms with Gasteiger partial charge in [-0.15, -0.1) is 0 Å². The van der Waals surface area contributed by atoms with Gasteiger partial charge >= 0.3 is 0 Å². The number of carbonyl (C=O) groups excluding carboxylic acids is 1. The fraction of sp³-hybridized carbons (Fsp3) is 0.280. The van der Waals surface area contributed by atoms with Gasteiger partial charge in [-0.1, -0.05) is 6.92 Å². The maximum Gasteiger partial charge on any atom is 0.185 e. The second-order valence-electron chi connectivity index (χ2n) is 8.75. The van der Waals surface area contributed by atoms with Gasteiger partial charge in [0.25, 0.3) is 0 Å². The standard InChI is InChI=1S/C25H26N8O4S/c1-4-20(34)18-13-28-22(31-21-8-7-16(12-27-21)38(35,36)15-5-6-15)11-19(18)30-25-23(37-3)17(9-10-26-25)24-29-14-33(2)32-24/h7-15H,4-6H2,1-3H3,(H2,26,27,28,30,31). The number of carbonyl (C=O) groups is 1. The van der Waals surface area contributed by atoms with Gasteiger partial charge in [0.1, 0.15) is 18.0 Å². The van der Waals surface area contributed by atoms with Crippen molar-refractivity contribution in [2.75, 3.05) is 17.7 Å². The predicted molar refractivity (Wildman–Crippen MR) is 141 cm³/mol. The molecule has 0 radical (unpaired) electrons. The number of aromatic nitrogens is 6. The number of ketones is 1. The topological polar surface area (TPSA) is 154 Å². The Hall–Kier alpha value is -4.39. The second kappa shape index (κ2) is 10.2. The molecule has 0 amide bonds. The molecular weight excluding hydrogens is 508 g/mol. The van der Waals surface area contributed by atoms with E-state index in [1.54, 1.807) is 49.4 Å². The molecular formula is C25H26N8O4S. The molecule has 2 N–H and O–H groups in total. The first-order chi connectivity index (χ1) is 18.3. The molecule has 12 nitrogen and oxygen atoms in total. The summed E-state index contributed by atoms with van der Waals surface area (Å²) in [6.07, 6.45) is 7.65. The smallest absolute Gasteiger partial charge is 0.185 e. The molecule has 0 atom stereocenters. The first kappa shape index (κ1) is 25.3. The molecule has 196 valence electrons. The zero-order valence-electron chi connectivity index (χ0n) is 21.0. The zero-order valence-corrected chi connectivity index (χ0v) is 21.9. The van der Waals surface area contributed by atoms with Gasteiger partial charge in [-0.3, -0.25) is 9.48 Å². The summed E-state index contributed by atoms with van der Waals surface area (Å²) in [4.78, 5) is 30.2. The Morgan fingerprint density at radius 2 is 1.87 bits per heavy atom. The molecule has 1 aliphatic rings. The minimum atomic E-state index is -3.33. The number of methoxy groups -OCH3 is 1. The van der Waals surface area contributed by atoms with E-state index in [0.717, 1.165) is 0 Å². The lowest BCUT2D eigenvalue weighted by atomic mass is 10.1. The fourth-order valence-electron chi connectivity index (χ4n) is 3.87. The Bertz CT molecular complexity index is 1600. The van der Waals surface area contributed by atoms with Crippen molar-refractivity contribution in [3.63, 3.8) is 0 Å². The molecule has 1 saturated carbocycles. The molecule has 1 aliphatic carbocycles. The highest BCUT2D eigenvalue weighted by atomic mass is 32.2. The monoisotopic (exact) mass is 534 g/mol. The zero-order chi connectivity index (χ0) is 26.9. The summed E-state index contributed by atoms with van der Waals surface area (Å²) in [5, 5.41) is 10.3. The van der Waals surface area contributed by atoms with Crippen molar-refractivity contribution in [1.82, 2.24) is 29.7 Å². The third-order valence-corrected chi connectivity index (χ3v) is 8.26. The van der Waals surface area contributed by atoms with Crippen molar-refractivity contribution < 1.29 is 17.9 Å². The molecule has 1 fully saturated rings. The quantitative estimate of drug-likeness (QED) is 0.286. The molecule has 13 heteroatoms. The molecule has 4 aromatic rings. The lowest BCUT2D eigenvalue weighted by Gasteiger charge is -2.16. The van der Waals surface area contributed by atoms with Crippen molar-refractivity contribution in [3.05, 3.63) is 54.7 Å². The average molecular weight is 535 g/mol. The lowest BCUT2D eigenvalue weighted by molar-refractivity contribution is 0.0988. The minimum absolute atomic E-state index is 0.110. The summed E-state index contributed by atoms with van der Waals surface area (Å²) in [5.41, 5.74) is 1.47. The number of nitrogens with one attached hydrogen (secondary N) is 2. The van der Waals surface area contributed by atoms with Crippen LogP contribution in [0.1, 0.15) is 36.5 Å². The summed E-state index contributed by atoms with van der Waals surface area (Å²) in [7, 11) is -0.0376. The van der Waals surface area contributed by atoms with E-state index in [4.69, 9.17) is 4.74 Å². The van der Waals surface area contributed by atoms with Crippen molar-refractivity contribution in [3.8, 4) is 17.1 Å². The summed E-state index contributed by atoms with van der Waals surface area (Å²) in [6.45, 7) is 1.77. The van der Waals surface area contributed by atoms with Crippen LogP contribution < -0.4 is 15.4 Å². The van der Waals surface area contributed by atoms with Crippen LogP contribution in [0.2, 0.25) is 0 Å². The molecule has 38 heavy (non-hydrogen) atoms. The number of rotatable bonds is 10. The Labute approximate surface area is 219 Å². The number of sulfone groups is 1. The molecule has 4 heterocycles. The van der Waals surface area contributed by atoms with Crippen LogP contribution >= 0.6 is 0 Å². The molecule has 0 spiro atoms. The van der Waals surface area contributed by atoms with Crippen LogP contribution in [0.4, 0.5) is 23.1 Å². The lowest BCUT2D eigenvalue weighted by Crippen LogP contribution is -2.09. The van der Waals surface area contributed by atoms with Crippen LogP contribution in [-0.4, -0.2) is 56.3 Å². The van der Waals surface area contributed by atoms with E-state index in [1.807, 2.05) is 0 Å². The molecule has 0 saturated heterocycles. The molecule has 0 unspecified atom stereocenters. The number of hydrogen-bond acceptors (Lipinski definition) is 11. The van der Waals surface area contributed by atoms with Gasteiger partial charge in [0.05, 0.1) is 34.1 Å². The van der Waals surface area contributed by atoms with Gasteiger partial charge in [0.15, 0.2) is 33.0 Å². The Morgan fingerprint density at radius 3 is 2.50 bits per heavy atom. The number of anilines is 4. The van der Waals surface area contributed by atoms with E-state index in [1.165, 1.54) is 25.6 Å². The summed E-state index contributed by atoms with van der Waals surface area (Å²) in [6, 6.07) is 6.52. The highest BCUT2D eigenvalue weighted by molar-refractivity contribution is 7.92. The Morgan fingerprint density at radius 1 is 1.08 bits per heavy atom. The van der Waals surface area contributed by atoms with Crippen LogP contribution in [0.25, 0.3) is 11.4 Å². The van der Waals surface area contributed by atoms with Crippen molar-refractivity contribution in [2.24, 2.45) is 7.05 Å². The van der Waals surface area contributed by atoms with E-state index in [9.17, 15) is 13.2 Å². The van der Waals surface area contributed by atoms with Gasteiger partial charge in [0.2, 0.25) is 0 Å². The van der Waals surface area contributed by atoms with Crippen molar-refractivity contribution in [1.29, 1.82) is 0 Å². The largest absolute Gasteiger partial charge is 0.492 e. The Balaban J connectivity index is 1.46. The maximum atomic E-state index is 12.7. The SMILES string of the molecule is CCC(=O)c1cnc(Nc2ccc(S(=O)(=O)C3CC3)cn2)cc1Nc1nccc(-c2ncn(C)n2)c1OC. The van der Waals surface area contributed by atoms with Crippen LogP contribution in [0, 0.1) is 0 Å². The maximum absolute atomic E-state index is 12.7. The first-order valence-electron chi connectivity index (χ1n) is 12.0. The molecule has 0 aliphatic heterocycles. The second-order valence-corrected chi connectivity index (χ2v) is 11.0. The van der Waals surface area contributed by atoms with Gasteiger partial charge < -0.3 is 15.4 Å². The molecule has 5 rings (SSSR count). The fourth-order valence-corrected chi connectivity index (χ4v) is 5.47. The van der Waals surface area contributed by atoms with E-state index in [2.05, 4.69) is 35.7 Å². The normalized spacial score (nSPS) is 13.2. The molecule has 0 aromatic carbocycles. The summed E-state index contributed by atoms with van der Waals surface area (Å²) >= 11 is 0. The van der Waals surface area contributed by atoms with E-state index >= 15 is 0 Å².